The van der Waals surface area contributed by atoms with Crippen LogP contribution in [0.3, 0.4) is 0 Å². The number of halogens is 1. The molecule has 3 aromatic carbocycles. The largest absolute Gasteiger partial charge is 0.450 e. The fourth-order valence-electron chi connectivity index (χ4n) is 6.42. The number of benzene rings is 3. The first-order chi connectivity index (χ1) is 21.6. The second-order valence-corrected chi connectivity index (χ2v) is 12.1. The number of nitrogens with one attached hydrogen (secondary N) is 1. The molecule has 6 N–H and O–H groups in total. The highest BCUT2D eigenvalue weighted by Crippen LogP contribution is 2.46. The number of primary amides is 2. The molecule has 240 valence electrons. The van der Waals surface area contributed by atoms with Crippen LogP contribution in [0.25, 0.3) is 11.1 Å². The maximum Gasteiger partial charge on any atom is 0.404 e. The van der Waals surface area contributed by atoms with Gasteiger partial charge in [0, 0.05) is 41.7 Å². The summed E-state index contributed by atoms with van der Waals surface area (Å²) in [7, 11) is 1.83. The Labute approximate surface area is 269 Å². The molecule has 45 heavy (non-hydrogen) atoms. The Morgan fingerprint density at radius 3 is 2.58 bits per heavy atom. The van der Waals surface area contributed by atoms with Crippen molar-refractivity contribution >= 4 is 29.5 Å². The van der Waals surface area contributed by atoms with Crippen LogP contribution in [0.1, 0.15) is 65.2 Å². The Balaban J connectivity index is 1.73. The van der Waals surface area contributed by atoms with E-state index in [2.05, 4.69) is 24.4 Å². The fraction of sp³-hybridized carbons (Fsp3) is 0.400. The molecule has 0 spiro atoms. The number of nitrogens with two attached hydrogens (primary N) is 2. The average molecular weight is 635 g/mol. The van der Waals surface area contributed by atoms with Crippen LogP contribution in [0.15, 0.2) is 60.7 Å². The van der Waals surface area contributed by atoms with Crippen LogP contribution in [0, 0.1) is 5.92 Å². The van der Waals surface area contributed by atoms with Gasteiger partial charge in [-0.3, -0.25) is 9.59 Å². The minimum atomic E-state index is -1.42. The Hall–Kier alpha value is -3.92. The lowest BCUT2D eigenvalue weighted by atomic mass is 9.72. The van der Waals surface area contributed by atoms with Crippen LogP contribution >= 0.6 is 11.6 Å². The third kappa shape index (κ3) is 8.22. The number of hydrogen-bond donors (Lipinski definition) is 4. The van der Waals surface area contributed by atoms with E-state index in [1.807, 2.05) is 49.5 Å². The summed E-state index contributed by atoms with van der Waals surface area (Å²) in [5.74, 6) is -1.10. The molecule has 0 saturated carbocycles. The normalized spacial score (nSPS) is 16.2. The summed E-state index contributed by atoms with van der Waals surface area (Å²) in [5, 5.41) is 16.4. The topological polar surface area (TPSA) is 148 Å². The van der Waals surface area contributed by atoms with Gasteiger partial charge in [-0.25, -0.2) is 4.79 Å². The molecule has 4 rings (SSSR count). The van der Waals surface area contributed by atoms with Gasteiger partial charge in [-0.1, -0.05) is 67.1 Å². The smallest absolute Gasteiger partial charge is 0.404 e. The van der Waals surface area contributed by atoms with E-state index in [9.17, 15) is 19.5 Å². The van der Waals surface area contributed by atoms with Gasteiger partial charge >= 0.3 is 6.09 Å². The monoisotopic (exact) mass is 634 g/mol. The lowest BCUT2D eigenvalue weighted by Gasteiger charge is -2.44. The Morgan fingerprint density at radius 1 is 1.09 bits per heavy atom. The minimum Gasteiger partial charge on any atom is -0.450 e. The minimum absolute atomic E-state index is 0.0453. The number of aliphatic hydroxyl groups is 1. The fourth-order valence-corrected chi connectivity index (χ4v) is 6.71. The first kappa shape index (κ1) is 34.0. The highest BCUT2D eigenvalue weighted by molar-refractivity contribution is 6.33. The number of ether oxygens (including phenoxy) is 1. The number of piperidine rings is 1. The van der Waals surface area contributed by atoms with Gasteiger partial charge in [-0.05, 0) is 79.1 Å². The summed E-state index contributed by atoms with van der Waals surface area (Å²) in [5.41, 5.74) is 14.7. The van der Waals surface area contributed by atoms with E-state index in [1.54, 1.807) is 11.0 Å². The van der Waals surface area contributed by atoms with Crippen molar-refractivity contribution in [2.45, 2.75) is 57.6 Å². The molecular weight excluding hydrogens is 592 g/mol. The molecule has 0 aliphatic carbocycles. The van der Waals surface area contributed by atoms with E-state index >= 15 is 0 Å². The van der Waals surface area contributed by atoms with Gasteiger partial charge in [0.05, 0.1) is 18.6 Å². The lowest BCUT2D eigenvalue weighted by Crippen LogP contribution is -2.48. The second-order valence-electron chi connectivity index (χ2n) is 11.7. The van der Waals surface area contributed by atoms with Crippen molar-refractivity contribution < 1.29 is 24.2 Å². The quantitative estimate of drug-likeness (QED) is 0.196. The molecule has 0 aromatic heterocycles. The summed E-state index contributed by atoms with van der Waals surface area (Å²) in [6.45, 7) is 3.50. The number of carbonyl (C=O) groups is 3. The van der Waals surface area contributed by atoms with Gasteiger partial charge in [-0.15, -0.1) is 0 Å². The number of rotatable bonds is 13. The Kier molecular flexibility index (Phi) is 11.6. The molecule has 1 aliphatic rings. The molecule has 10 heteroatoms. The number of amides is 3. The molecule has 0 bridgehead atoms. The summed E-state index contributed by atoms with van der Waals surface area (Å²) in [6.07, 6.45) is 1.84. The summed E-state index contributed by atoms with van der Waals surface area (Å²) in [4.78, 5) is 39.0. The zero-order valence-electron chi connectivity index (χ0n) is 26.0. The third-order valence-electron chi connectivity index (χ3n) is 8.58. The number of aryl methyl sites for hydroxylation is 1. The number of hydrogen-bond acceptors (Lipinski definition) is 6. The molecule has 3 amide bonds. The molecule has 1 heterocycles. The third-order valence-corrected chi connectivity index (χ3v) is 8.90. The standard InChI is InChI=1S/C35H43ClN4O5/c1-3-23-8-4-9-25(18-23)32-29(11-5-12-30(32)36)35(44,15-7-17-45-34(38)43)27-10-6-16-40(22-27)33(42)28-14-13-24(21-39-2)19-26(28)20-31(37)41/h4-5,8-9,11-14,18-19,27,39,44H,3,6-7,10,15-17,20-22H2,1-2H3,(H2,37,41)(H2,38,43). The predicted molar refractivity (Wildman–Crippen MR) is 176 cm³/mol. The summed E-state index contributed by atoms with van der Waals surface area (Å²) >= 11 is 6.86. The maximum absolute atomic E-state index is 14.0. The first-order valence-corrected chi connectivity index (χ1v) is 15.8. The van der Waals surface area contributed by atoms with Gasteiger partial charge in [0.15, 0.2) is 0 Å². The lowest BCUT2D eigenvalue weighted by molar-refractivity contribution is -0.117. The average Bonchev–Trinajstić information content (AvgIpc) is 3.02. The van der Waals surface area contributed by atoms with Gasteiger partial charge in [0.2, 0.25) is 5.91 Å². The number of carbonyl (C=O) groups excluding carboxylic acids is 3. The molecule has 2 unspecified atom stereocenters. The van der Waals surface area contributed by atoms with E-state index in [0.717, 1.165) is 28.7 Å². The highest BCUT2D eigenvalue weighted by Gasteiger charge is 2.43. The van der Waals surface area contributed by atoms with E-state index < -0.39 is 17.6 Å². The van der Waals surface area contributed by atoms with Crippen molar-refractivity contribution in [1.29, 1.82) is 0 Å². The van der Waals surface area contributed by atoms with Gasteiger partial charge in [0.1, 0.15) is 0 Å². The van der Waals surface area contributed by atoms with Crippen LogP contribution in [0.4, 0.5) is 4.79 Å². The van der Waals surface area contributed by atoms with Gasteiger partial charge in [-0.2, -0.15) is 0 Å². The Bertz CT molecular complexity index is 1530. The van der Waals surface area contributed by atoms with Gasteiger partial charge in [0.25, 0.3) is 5.91 Å². The highest BCUT2D eigenvalue weighted by atomic mass is 35.5. The first-order valence-electron chi connectivity index (χ1n) is 15.4. The second kappa shape index (κ2) is 15.4. The van der Waals surface area contributed by atoms with Crippen LogP contribution in [0.2, 0.25) is 5.02 Å². The molecule has 0 radical (unpaired) electrons. The van der Waals surface area contributed by atoms with E-state index in [1.165, 1.54) is 0 Å². The van der Waals surface area contributed by atoms with Crippen LogP contribution in [-0.4, -0.2) is 54.7 Å². The predicted octanol–water partition coefficient (Wildman–Crippen LogP) is 4.93. The molecule has 1 aliphatic heterocycles. The molecular formula is C35H43ClN4O5. The summed E-state index contributed by atoms with van der Waals surface area (Å²) < 4.78 is 5.01. The van der Waals surface area contributed by atoms with Crippen molar-refractivity contribution in [2.24, 2.45) is 17.4 Å². The SMILES string of the molecule is CCc1cccc(-c2c(Cl)cccc2C(O)(CCCOC(N)=O)C2CCCN(C(=O)c3ccc(CNC)cc3CC(N)=O)C2)c1. The molecule has 9 nitrogen and oxygen atoms in total. The van der Waals surface area contributed by atoms with E-state index in [0.29, 0.717) is 54.1 Å². The molecule has 1 fully saturated rings. The molecule has 3 aromatic rings. The zero-order valence-corrected chi connectivity index (χ0v) is 26.7. The number of likely N-dealkylation sites (tertiary alicyclic amines) is 1. The van der Waals surface area contributed by atoms with Crippen LogP contribution < -0.4 is 16.8 Å². The van der Waals surface area contributed by atoms with E-state index in [4.69, 9.17) is 27.8 Å². The van der Waals surface area contributed by atoms with Crippen LogP contribution in [-0.2, 0) is 34.5 Å². The zero-order chi connectivity index (χ0) is 32.6. The summed E-state index contributed by atoms with van der Waals surface area (Å²) in [6, 6.07) is 19.1. The van der Waals surface area contributed by atoms with Gasteiger partial charge < -0.3 is 31.5 Å². The molecule has 2 atom stereocenters. The maximum atomic E-state index is 14.0. The van der Waals surface area contributed by atoms with Crippen molar-refractivity contribution in [3.63, 3.8) is 0 Å². The van der Waals surface area contributed by atoms with Crippen molar-refractivity contribution in [1.82, 2.24) is 10.2 Å². The Morgan fingerprint density at radius 2 is 1.87 bits per heavy atom. The van der Waals surface area contributed by atoms with Crippen LogP contribution in [0.5, 0.6) is 0 Å². The van der Waals surface area contributed by atoms with Crippen molar-refractivity contribution in [3.8, 4) is 11.1 Å². The van der Waals surface area contributed by atoms with E-state index in [-0.39, 0.29) is 37.8 Å². The van der Waals surface area contributed by atoms with Crippen molar-refractivity contribution in [3.05, 3.63) is 93.5 Å². The number of nitrogens with zero attached hydrogens (tertiary/aromatic N) is 1. The van der Waals surface area contributed by atoms with Crippen molar-refractivity contribution in [2.75, 3.05) is 26.7 Å². The molecule has 1 saturated heterocycles.